The Labute approximate surface area is 142 Å². The van der Waals surface area contributed by atoms with Crippen LogP contribution in [0.1, 0.15) is 52.6 Å². The summed E-state index contributed by atoms with van der Waals surface area (Å²) >= 11 is 0. The molecule has 1 unspecified atom stereocenters. The van der Waals surface area contributed by atoms with Crippen LogP contribution in [0.25, 0.3) is 0 Å². The molecule has 1 amide bonds. The van der Waals surface area contributed by atoms with Gasteiger partial charge in [-0.2, -0.15) is 23.4 Å². The number of carbonyl (C=O) groups is 1. The van der Waals surface area contributed by atoms with Gasteiger partial charge in [0, 0.05) is 13.1 Å². The summed E-state index contributed by atoms with van der Waals surface area (Å²) in [4.78, 5) is 12.4. The first-order chi connectivity index (χ1) is 11.9. The monoisotopic (exact) mass is 356 g/mol. The number of aromatic amines is 1. The van der Waals surface area contributed by atoms with E-state index in [0.29, 0.717) is 11.3 Å². The fraction of sp³-hybridized carbons (Fsp3) is 0.533. The number of hydrogen-bond donors (Lipinski definition) is 3. The van der Waals surface area contributed by atoms with Gasteiger partial charge in [-0.25, -0.2) is 0 Å². The SMILES string of the molecule is Cn1ncc(C(F)(F)F)c1CNC(=O)c1cn[nH]c1C1CCCCN1. The van der Waals surface area contributed by atoms with Gasteiger partial charge in [0.15, 0.2) is 0 Å². The molecular formula is C15H19F3N6O. The summed E-state index contributed by atoms with van der Waals surface area (Å²) in [6.45, 7) is 0.585. The summed E-state index contributed by atoms with van der Waals surface area (Å²) < 4.78 is 40.0. The summed E-state index contributed by atoms with van der Waals surface area (Å²) in [5, 5.41) is 16.2. The number of H-pyrrole nitrogens is 1. The number of alkyl halides is 3. The van der Waals surface area contributed by atoms with Gasteiger partial charge < -0.3 is 10.6 Å². The molecule has 0 aliphatic carbocycles. The maximum atomic E-state index is 13.0. The summed E-state index contributed by atoms with van der Waals surface area (Å²) in [5.41, 5.74) is 0.0618. The largest absolute Gasteiger partial charge is 0.419 e. The Bertz CT molecular complexity index is 745. The maximum Gasteiger partial charge on any atom is 0.419 e. The Hall–Kier alpha value is -2.36. The molecule has 3 heterocycles. The van der Waals surface area contributed by atoms with Crippen LogP contribution in [-0.4, -0.2) is 32.4 Å². The van der Waals surface area contributed by atoms with E-state index in [1.807, 2.05) is 0 Å². The van der Waals surface area contributed by atoms with E-state index in [1.165, 1.54) is 13.2 Å². The number of aromatic nitrogens is 4. The molecule has 2 aromatic rings. The van der Waals surface area contributed by atoms with Gasteiger partial charge >= 0.3 is 6.18 Å². The number of aryl methyl sites for hydroxylation is 1. The van der Waals surface area contributed by atoms with Gasteiger partial charge in [-0.05, 0) is 19.4 Å². The van der Waals surface area contributed by atoms with Crippen molar-refractivity contribution < 1.29 is 18.0 Å². The molecule has 1 fully saturated rings. The third kappa shape index (κ3) is 3.68. The van der Waals surface area contributed by atoms with E-state index in [4.69, 9.17) is 0 Å². The first-order valence-electron chi connectivity index (χ1n) is 8.01. The van der Waals surface area contributed by atoms with E-state index in [0.717, 1.165) is 36.7 Å². The van der Waals surface area contributed by atoms with Gasteiger partial charge in [0.1, 0.15) is 0 Å². The van der Waals surface area contributed by atoms with Crippen molar-refractivity contribution in [2.24, 2.45) is 7.05 Å². The second-order valence-electron chi connectivity index (χ2n) is 6.01. The lowest BCUT2D eigenvalue weighted by atomic mass is 9.99. The van der Waals surface area contributed by atoms with Crippen molar-refractivity contribution in [2.75, 3.05) is 6.54 Å². The number of amides is 1. The van der Waals surface area contributed by atoms with Crippen molar-refractivity contribution in [3.8, 4) is 0 Å². The van der Waals surface area contributed by atoms with Gasteiger partial charge in [-0.1, -0.05) is 6.42 Å². The molecule has 136 valence electrons. The van der Waals surface area contributed by atoms with Crippen molar-refractivity contribution in [1.29, 1.82) is 0 Å². The molecule has 25 heavy (non-hydrogen) atoms. The minimum Gasteiger partial charge on any atom is -0.346 e. The average Bonchev–Trinajstić information content (AvgIpc) is 3.20. The van der Waals surface area contributed by atoms with Crippen molar-refractivity contribution in [3.05, 3.63) is 34.9 Å². The number of rotatable bonds is 4. The number of nitrogens with zero attached hydrogens (tertiary/aromatic N) is 3. The normalized spacial score (nSPS) is 18.3. The first kappa shape index (κ1) is 17.5. The fourth-order valence-electron chi connectivity index (χ4n) is 3.01. The van der Waals surface area contributed by atoms with Crippen LogP contribution in [0.3, 0.4) is 0 Å². The summed E-state index contributed by atoms with van der Waals surface area (Å²) in [6, 6.07) is -0.000519. The molecule has 1 aliphatic heterocycles. The predicted octanol–water partition coefficient (Wildman–Crippen LogP) is 1.91. The number of nitrogens with one attached hydrogen (secondary N) is 3. The minimum absolute atomic E-state index is 0.000519. The van der Waals surface area contributed by atoms with Gasteiger partial charge in [0.2, 0.25) is 0 Å². The molecule has 0 radical (unpaired) electrons. The Balaban J connectivity index is 1.72. The number of hydrogen-bond acceptors (Lipinski definition) is 4. The lowest BCUT2D eigenvalue weighted by Crippen LogP contribution is -2.31. The van der Waals surface area contributed by atoms with Crippen molar-refractivity contribution in [2.45, 2.75) is 38.0 Å². The third-order valence-electron chi connectivity index (χ3n) is 4.36. The highest BCUT2D eigenvalue weighted by Gasteiger charge is 2.36. The number of piperidine rings is 1. The molecule has 0 aromatic carbocycles. The molecule has 3 rings (SSSR count). The molecular weight excluding hydrogens is 337 g/mol. The van der Waals surface area contributed by atoms with Crippen molar-refractivity contribution in [1.82, 2.24) is 30.6 Å². The Kier molecular flexibility index (Phi) is 4.80. The van der Waals surface area contributed by atoms with E-state index in [1.54, 1.807) is 0 Å². The Morgan fingerprint density at radius 2 is 2.20 bits per heavy atom. The quantitative estimate of drug-likeness (QED) is 0.781. The van der Waals surface area contributed by atoms with Crippen LogP contribution in [0, 0.1) is 0 Å². The predicted molar refractivity (Wildman–Crippen MR) is 82.6 cm³/mol. The van der Waals surface area contributed by atoms with Crippen LogP contribution in [0.4, 0.5) is 13.2 Å². The summed E-state index contributed by atoms with van der Waals surface area (Å²) in [6.07, 6.45) is 0.643. The van der Waals surface area contributed by atoms with Crippen LogP contribution in [-0.2, 0) is 19.8 Å². The van der Waals surface area contributed by atoms with Crippen molar-refractivity contribution in [3.63, 3.8) is 0 Å². The van der Waals surface area contributed by atoms with E-state index in [-0.39, 0.29) is 18.3 Å². The molecule has 0 bridgehead atoms. The highest BCUT2D eigenvalue weighted by atomic mass is 19.4. The van der Waals surface area contributed by atoms with Crippen molar-refractivity contribution >= 4 is 5.91 Å². The second-order valence-corrected chi connectivity index (χ2v) is 6.01. The molecule has 0 saturated carbocycles. The molecule has 3 N–H and O–H groups in total. The minimum atomic E-state index is -4.51. The van der Waals surface area contributed by atoms with Gasteiger partial charge in [0.25, 0.3) is 5.91 Å². The van der Waals surface area contributed by atoms with Gasteiger partial charge in [-0.15, -0.1) is 0 Å². The topological polar surface area (TPSA) is 87.6 Å². The Morgan fingerprint density at radius 3 is 2.88 bits per heavy atom. The zero-order valence-corrected chi connectivity index (χ0v) is 13.7. The van der Waals surface area contributed by atoms with Gasteiger partial charge in [-0.3, -0.25) is 14.6 Å². The highest BCUT2D eigenvalue weighted by Crippen LogP contribution is 2.31. The zero-order chi connectivity index (χ0) is 18.0. The first-order valence-corrected chi connectivity index (χ1v) is 8.01. The van der Waals surface area contributed by atoms with Crippen LogP contribution in [0.2, 0.25) is 0 Å². The van der Waals surface area contributed by atoms with E-state index < -0.39 is 17.6 Å². The standard InChI is InChI=1S/C15H19F3N6O/c1-24-12(10(7-22-24)15(16,17)18)8-20-14(25)9-6-21-23-13(9)11-4-2-3-5-19-11/h6-7,11,19H,2-5,8H2,1H3,(H,20,25)(H,21,23). The molecule has 7 nitrogen and oxygen atoms in total. The average molecular weight is 356 g/mol. The van der Waals surface area contributed by atoms with Crippen LogP contribution >= 0.6 is 0 Å². The van der Waals surface area contributed by atoms with Gasteiger partial charge in [0.05, 0.1) is 41.5 Å². The number of halogens is 3. The second kappa shape index (κ2) is 6.87. The van der Waals surface area contributed by atoms with Crippen LogP contribution < -0.4 is 10.6 Å². The van der Waals surface area contributed by atoms with Crippen LogP contribution in [0.5, 0.6) is 0 Å². The summed E-state index contributed by atoms with van der Waals surface area (Å²) in [7, 11) is 1.41. The molecule has 10 heteroatoms. The lowest BCUT2D eigenvalue weighted by molar-refractivity contribution is -0.138. The number of carbonyl (C=O) groups excluding carboxylic acids is 1. The lowest BCUT2D eigenvalue weighted by Gasteiger charge is -2.23. The highest BCUT2D eigenvalue weighted by molar-refractivity contribution is 5.95. The zero-order valence-electron chi connectivity index (χ0n) is 13.7. The molecule has 2 aromatic heterocycles. The van der Waals surface area contributed by atoms with E-state index >= 15 is 0 Å². The molecule has 1 atom stereocenters. The molecule has 1 aliphatic rings. The Morgan fingerprint density at radius 1 is 1.40 bits per heavy atom. The van der Waals surface area contributed by atoms with Crippen LogP contribution in [0.15, 0.2) is 12.4 Å². The smallest absolute Gasteiger partial charge is 0.346 e. The third-order valence-corrected chi connectivity index (χ3v) is 4.36. The fourth-order valence-corrected chi connectivity index (χ4v) is 3.01. The van der Waals surface area contributed by atoms with E-state index in [9.17, 15) is 18.0 Å². The van der Waals surface area contributed by atoms with E-state index in [2.05, 4.69) is 25.9 Å². The molecule has 1 saturated heterocycles. The maximum absolute atomic E-state index is 13.0. The molecule has 0 spiro atoms. The summed E-state index contributed by atoms with van der Waals surface area (Å²) in [5.74, 6) is -0.467.